The van der Waals surface area contributed by atoms with Crippen LogP contribution >= 0.6 is 22.9 Å². The first-order chi connectivity index (χ1) is 15.0. The van der Waals surface area contributed by atoms with Crippen LogP contribution in [0.1, 0.15) is 40.1 Å². The maximum absolute atomic E-state index is 12.8. The number of nitrogens with one attached hydrogen (secondary N) is 2. The predicted molar refractivity (Wildman–Crippen MR) is 124 cm³/mol. The maximum Gasteiger partial charge on any atom is 0.261 e. The summed E-state index contributed by atoms with van der Waals surface area (Å²) in [4.78, 5) is 36.6. The lowest BCUT2D eigenvalue weighted by Gasteiger charge is -2.15. The van der Waals surface area contributed by atoms with Gasteiger partial charge in [0, 0.05) is 37.6 Å². The number of amides is 2. The van der Waals surface area contributed by atoms with Gasteiger partial charge in [-0.2, -0.15) is 0 Å². The molecule has 4 rings (SSSR count). The normalized spacial score (nSPS) is 13.7. The molecule has 3 heterocycles. The number of hydrogen-bond donors (Lipinski definition) is 2. The number of hydrogen-bond acceptors (Lipinski definition) is 6. The molecule has 0 radical (unpaired) electrons. The van der Waals surface area contributed by atoms with Gasteiger partial charge in [0.25, 0.3) is 5.91 Å². The third kappa shape index (κ3) is 4.97. The number of rotatable bonds is 8. The highest BCUT2D eigenvalue weighted by atomic mass is 35.5. The minimum Gasteiger partial charge on any atom is -0.369 e. The van der Waals surface area contributed by atoms with Gasteiger partial charge in [0.1, 0.15) is 17.0 Å². The second-order valence-corrected chi connectivity index (χ2v) is 8.97. The third-order valence-electron chi connectivity index (χ3n) is 5.37. The summed E-state index contributed by atoms with van der Waals surface area (Å²) in [5.74, 6) is 0.838. The number of anilines is 1. The van der Waals surface area contributed by atoms with E-state index in [4.69, 9.17) is 11.6 Å². The molecule has 162 valence electrons. The molecule has 0 unspecified atom stereocenters. The van der Waals surface area contributed by atoms with Crippen LogP contribution in [0.15, 0.2) is 30.6 Å². The van der Waals surface area contributed by atoms with Gasteiger partial charge in [-0.1, -0.05) is 23.7 Å². The van der Waals surface area contributed by atoms with Crippen LogP contribution in [0.25, 0.3) is 10.2 Å². The molecule has 1 saturated heterocycles. The summed E-state index contributed by atoms with van der Waals surface area (Å²) in [6.45, 7) is 4.65. The summed E-state index contributed by atoms with van der Waals surface area (Å²) in [6.07, 6.45) is 3.97. The third-order valence-corrected chi connectivity index (χ3v) is 6.82. The fourth-order valence-electron chi connectivity index (χ4n) is 3.70. The van der Waals surface area contributed by atoms with E-state index < -0.39 is 0 Å². The van der Waals surface area contributed by atoms with E-state index in [0.29, 0.717) is 29.4 Å². The fourth-order valence-corrected chi connectivity index (χ4v) is 4.90. The minimum absolute atomic E-state index is 0.131. The van der Waals surface area contributed by atoms with Gasteiger partial charge in [0.15, 0.2) is 0 Å². The number of fused-ring (bicyclic) bond motifs is 1. The monoisotopic (exact) mass is 457 g/mol. The van der Waals surface area contributed by atoms with Crippen LogP contribution in [0.5, 0.6) is 0 Å². The summed E-state index contributed by atoms with van der Waals surface area (Å²) in [5, 5.41) is 7.87. The molecule has 1 aliphatic rings. The van der Waals surface area contributed by atoms with Crippen LogP contribution in [0, 0.1) is 6.92 Å². The Bertz CT molecular complexity index is 1100. The van der Waals surface area contributed by atoms with Crippen LogP contribution in [-0.2, 0) is 11.3 Å². The number of aromatic nitrogens is 2. The Morgan fingerprint density at radius 2 is 2.06 bits per heavy atom. The van der Waals surface area contributed by atoms with Crippen molar-refractivity contribution in [3.63, 3.8) is 0 Å². The van der Waals surface area contributed by atoms with Crippen molar-refractivity contribution in [3.8, 4) is 0 Å². The van der Waals surface area contributed by atoms with E-state index in [1.165, 1.54) is 17.7 Å². The van der Waals surface area contributed by atoms with Crippen molar-refractivity contribution in [1.82, 2.24) is 20.2 Å². The summed E-state index contributed by atoms with van der Waals surface area (Å²) in [5.41, 5.74) is 1.85. The van der Waals surface area contributed by atoms with Crippen LogP contribution in [0.3, 0.4) is 0 Å². The quantitative estimate of drug-likeness (QED) is 0.499. The van der Waals surface area contributed by atoms with Crippen molar-refractivity contribution < 1.29 is 9.59 Å². The number of thiophene rings is 1. The first kappa shape index (κ1) is 21.5. The first-order valence-electron chi connectivity index (χ1n) is 10.3. The summed E-state index contributed by atoms with van der Waals surface area (Å²) in [6, 6.07) is 7.40. The number of carbonyl (C=O) groups excluding carboxylic acids is 2. The van der Waals surface area contributed by atoms with Gasteiger partial charge in [0.2, 0.25) is 5.91 Å². The Labute approximate surface area is 189 Å². The highest BCUT2D eigenvalue weighted by Crippen LogP contribution is 2.33. The highest BCUT2D eigenvalue weighted by Gasteiger charge is 2.20. The van der Waals surface area contributed by atoms with E-state index in [1.807, 2.05) is 24.0 Å². The number of benzene rings is 1. The molecule has 0 saturated carbocycles. The van der Waals surface area contributed by atoms with E-state index in [-0.39, 0.29) is 11.8 Å². The predicted octanol–water partition coefficient (Wildman–Crippen LogP) is 4.01. The van der Waals surface area contributed by atoms with Crippen molar-refractivity contribution in [2.24, 2.45) is 0 Å². The molecule has 0 bridgehead atoms. The average molecular weight is 458 g/mol. The second-order valence-electron chi connectivity index (χ2n) is 7.53. The standard InChI is InChI=1S/C22H24ClN5O2S/c1-14-18-20(24-9-3-11-28-10-2-4-17(28)29)26-13-27-22(18)31-19(14)21(30)25-12-15-5-7-16(23)8-6-15/h5-8,13H,2-4,9-12H2,1H3,(H,25,30)(H,24,26,27). The molecular weight excluding hydrogens is 434 g/mol. The Hall–Kier alpha value is -2.71. The van der Waals surface area contributed by atoms with E-state index >= 15 is 0 Å². The Kier molecular flexibility index (Phi) is 6.67. The molecule has 2 amide bonds. The van der Waals surface area contributed by atoms with Gasteiger partial charge < -0.3 is 15.5 Å². The van der Waals surface area contributed by atoms with E-state index in [0.717, 1.165) is 53.1 Å². The molecule has 7 nitrogen and oxygen atoms in total. The Morgan fingerprint density at radius 1 is 1.26 bits per heavy atom. The van der Waals surface area contributed by atoms with Crippen molar-refractivity contribution in [1.29, 1.82) is 0 Å². The lowest BCUT2D eigenvalue weighted by molar-refractivity contribution is -0.127. The molecule has 1 aromatic carbocycles. The molecule has 2 N–H and O–H groups in total. The summed E-state index contributed by atoms with van der Waals surface area (Å²) in [7, 11) is 0. The largest absolute Gasteiger partial charge is 0.369 e. The molecule has 0 atom stereocenters. The molecule has 31 heavy (non-hydrogen) atoms. The Balaban J connectivity index is 1.41. The molecule has 1 fully saturated rings. The number of nitrogens with zero attached hydrogens (tertiary/aromatic N) is 3. The number of halogens is 1. The first-order valence-corrected chi connectivity index (χ1v) is 11.5. The molecular formula is C22H24ClN5O2S. The van der Waals surface area contributed by atoms with Crippen molar-refractivity contribution >= 4 is 50.8 Å². The molecule has 9 heteroatoms. The molecule has 0 spiro atoms. The van der Waals surface area contributed by atoms with Crippen molar-refractivity contribution in [2.45, 2.75) is 32.7 Å². The highest BCUT2D eigenvalue weighted by molar-refractivity contribution is 7.20. The lowest BCUT2D eigenvalue weighted by Crippen LogP contribution is -2.27. The SMILES string of the molecule is Cc1c(C(=O)NCc2ccc(Cl)cc2)sc2ncnc(NCCCN3CCCC3=O)c12. The second kappa shape index (κ2) is 9.62. The molecule has 0 aliphatic carbocycles. The zero-order chi connectivity index (χ0) is 21.8. The zero-order valence-electron chi connectivity index (χ0n) is 17.3. The van der Waals surface area contributed by atoms with Crippen LogP contribution in [0.2, 0.25) is 5.02 Å². The topological polar surface area (TPSA) is 87.2 Å². The number of carbonyl (C=O) groups is 2. The van der Waals surface area contributed by atoms with Crippen LogP contribution in [0.4, 0.5) is 5.82 Å². The molecule has 2 aromatic heterocycles. The van der Waals surface area contributed by atoms with E-state index in [1.54, 1.807) is 12.1 Å². The van der Waals surface area contributed by atoms with Gasteiger partial charge in [-0.15, -0.1) is 11.3 Å². The average Bonchev–Trinajstić information content (AvgIpc) is 3.34. The zero-order valence-corrected chi connectivity index (χ0v) is 18.9. The lowest BCUT2D eigenvalue weighted by atomic mass is 10.2. The van der Waals surface area contributed by atoms with Crippen LogP contribution in [-0.4, -0.2) is 46.3 Å². The van der Waals surface area contributed by atoms with Gasteiger partial charge in [0.05, 0.1) is 10.3 Å². The smallest absolute Gasteiger partial charge is 0.261 e. The van der Waals surface area contributed by atoms with Crippen molar-refractivity contribution in [3.05, 3.63) is 51.6 Å². The van der Waals surface area contributed by atoms with Crippen LogP contribution < -0.4 is 10.6 Å². The fraction of sp³-hybridized carbons (Fsp3) is 0.364. The number of likely N-dealkylation sites (tertiary alicyclic amines) is 1. The van der Waals surface area contributed by atoms with E-state index in [2.05, 4.69) is 20.6 Å². The van der Waals surface area contributed by atoms with Gasteiger partial charge in [-0.3, -0.25) is 9.59 Å². The maximum atomic E-state index is 12.8. The molecule has 1 aliphatic heterocycles. The molecule has 3 aromatic rings. The minimum atomic E-state index is -0.131. The van der Waals surface area contributed by atoms with Crippen molar-refractivity contribution in [2.75, 3.05) is 25.0 Å². The Morgan fingerprint density at radius 3 is 2.81 bits per heavy atom. The number of aryl methyl sites for hydroxylation is 1. The van der Waals surface area contributed by atoms with Gasteiger partial charge in [-0.05, 0) is 43.0 Å². The summed E-state index contributed by atoms with van der Waals surface area (Å²) >= 11 is 7.28. The van der Waals surface area contributed by atoms with Gasteiger partial charge in [-0.25, -0.2) is 9.97 Å². The van der Waals surface area contributed by atoms with Gasteiger partial charge >= 0.3 is 0 Å². The van der Waals surface area contributed by atoms with E-state index in [9.17, 15) is 9.59 Å². The summed E-state index contributed by atoms with van der Waals surface area (Å²) < 4.78 is 0.